The maximum absolute atomic E-state index is 5.74. The SMILES string of the molecule is CC(C)CCCCc1cccc(OCC(C)(C)C)n1. The normalized spacial score (nSPS) is 11.9. The highest BCUT2D eigenvalue weighted by atomic mass is 16.5. The van der Waals surface area contributed by atoms with Gasteiger partial charge in [-0.25, -0.2) is 4.98 Å². The second-order valence-electron chi connectivity index (χ2n) is 6.96. The fourth-order valence-electron chi connectivity index (χ4n) is 1.83. The third-order valence-corrected chi connectivity index (χ3v) is 2.90. The zero-order valence-electron chi connectivity index (χ0n) is 13.2. The molecule has 0 aliphatic carbocycles. The van der Waals surface area contributed by atoms with Gasteiger partial charge in [0.1, 0.15) is 0 Å². The van der Waals surface area contributed by atoms with Crippen LogP contribution >= 0.6 is 0 Å². The molecule has 1 aromatic heterocycles. The minimum atomic E-state index is 0.176. The van der Waals surface area contributed by atoms with Gasteiger partial charge in [-0.2, -0.15) is 0 Å². The van der Waals surface area contributed by atoms with E-state index in [9.17, 15) is 0 Å². The number of ether oxygens (including phenoxy) is 1. The Morgan fingerprint density at radius 1 is 1.16 bits per heavy atom. The summed E-state index contributed by atoms with van der Waals surface area (Å²) >= 11 is 0. The number of hydrogen-bond donors (Lipinski definition) is 0. The van der Waals surface area contributed by atoms with Crippen LogP contribution in [0.5, 0.6) is 5.88 Å². The van der Waals surface area contributed by atoms with Gasteiger partial charge in [-0.1, -0.05) is 53.5 Å². The van der Waals surface area contributed by atoms with Gasteiger partial charge in [0.2, 0.25) is 5.88 Å². The lowest BCUT2D eigenvalue weighted by molar-refractivity contribution is 0.191. The fraction of sp³-hybridized carbons (Fsp3) is 0.706. The topological polar surface area (TPSA) is 22.1 Å². The second kappa shape index (κ2) is 7.52. The summed E-state index contributed by atoms with van der Waals surface area (Å²) in [5, 5.41) is 0. The van der Waals surface area contributed by atoms with Crippen molar-refractivity contribution in [3.63, 3.8) is 0 Å². The maximum atomic E-state index is 5.74. The molecule has 0 radical (unpaired) electrons. The van der Waals surface area contributed by atoms with Crippen LogP contribution in [0.1, 0.15) is 59.6 Å². The van der Waals surface area contributed by atoms with E-state index < -0.39 is 0 Å². The summed E-state index contributed by atoms with van der Waals surface area (Å²) in [5.41, 5.74) is 1.32. The standard InChI is InChI=1S/C17H29NO/c1-14(2)9-6-7-10-15-11-8-12-16(18-15)19-13-17(3,4)5/h8,11-12,14H,6-7,9-10,13H2,1-5H3. The molecule has 0 aromatic carbocycles. The van der Waals surface area contributed by atoms with E-state index in [-0.39, 0.29) is 5.41 Å². The third-order valence-electron chi connectivity index (χ3n) is 2.90. The molecule has 0 spiro atoms. The molecule has 0 aliphatic heterocycles. The van der Waals surface area contributed by atoms with Gasteiger partial charge in [0.25, 0.3) is 0 Å². The molecule has 0 unspecified atom stereocenters. The Balaban J connectivity index is 2.39. The maximum Gasteiger partial charge on any atom is 0.213 e. The average molecular weight is 263 g/mol. The van der Waals surface area contributed by atoms with Crippen LogP contribution in [0.25, 0.3) is 0 Å². The zero-order valence-corrected chi connectivity index (χ0v) is 13.2. The number of aryl methyl sites for hydroxylation is 1. The molecule has 1 aromatic rings. The monoisotopic (exact) mass is 263 g/mol. The van der Waals surface area contributed by atoms with Crippen molar-refractivity contribution in [1.29, 1.82) is 0 Å². The van der Waals surface area contributed by atoms with Crippen LogP contribution in [0.3, 0.4) is 0 Å². The van der Waals surface area contributed by atoms with Crippen molar-refractivity contribution in [2.24, 2.45) is 11.3 Å². The van der Waals surface area contributed by atoms with Gasteiger partial charge in [0, 0.05) is 11.8 Å². The number of rotatable bonds is 7. The molecule has 0 saturated carbocycles. The molecule has 2 nitrogen and oxygen atoms in total. The molecule has 0 N–H and O–H groups in total. The smallest absolute Gasteiger partial charge is 0.213 e. The van der Waals surface area contributed by atoms with Gasteiger partial charge in [0.05, 0.1) is 6.61 Å². The third kappa shape index (κ3) is 7.86. The molecule has 0 amide bonds. The Kier molecular flexibility index (Phi) is 6.33. The Labute approximate surface area is 118 Å². The molecule has 0 atom stereocenters. The van der Waals surface area contributed by atoms with E-state index in [0.29, 0.717) is 6.61 Å². The van der Waals surface area contributed by atoms with E-state index in [1.54, 1.807) is 0 Å². The quantitative estimate of drug-likeness (QED) is 0.654. The van der Waals surface area contributed by atoms with Crippen molar-refractivity contribution in [3.8, 4) is 5.88 Å². The van der Waals surface area contributed by atoms with Crippen LogP contribution in [-0.4, -0.2) is 11.6 Å². The van der Waals surface area contributed by atoms with Gasteiger partial charge < -0.3 is 4.74 Å². The van der Waals surface area contributed by atoms with Crippen molar-refractivity contribution < 1.29 is 4.74 Å². The number of unbranched alkanes of at least 4 members (excludes halogenated alkanes) is 1. The highest BCUT2D eigenvalue weighted by molar-refractivity contribution is 5.16. The summed E-state index contributed by atoms with van der Waals surface area (Å²) < 4.78 is 5.74. The van der Waals surface area contributed by atoms with Crippen LogP contribution in [0, 0.1) is 11.3 Å². The molecule has 2 heteroatoms. The molecule has 0 aliphatic rings. The molecule has 0 bridgehead atoms. The first-order valence-corrected chi connectivity index (χ1v) is 7.45. The van der Waals surface area contributed by atoms with E-state index in [4.69, 9.17) is 4.74 Å². The Morgan fingerprint density at radius 3 is 2.53 bits per heavy atom. The number of aromatic nitrogens is 1. The zero-order chi connectivity index (χ0) is 14.3. The van der Waals surface area contributed by atoms with E-state index in [2.05, 4.69) is 45.7 Å². The summed E-state index contributed by atoms with van der Waals surface area (Å²) in [6.07, 6.45) is 4.86. The summed E-state index contributed by atoms with van der Waals surface area (Å²) in [4.78, 5) is 4.57. The van der Waals surface area contributed by atoms with Crippen molar-refractivity contribution in [2.45, 2.75) is 60.3 Å². The summed E-state index contributed by atoms with van der Waals surface area (Å²) in [7, 11) is 0. The first-order valence-electron chi connectivity index (χ1n) is 7.45. The van der Waals surface area contributed by atoms with E-state index >= 15 is 0 Å². The Morgan fingerprint density at radius 2 is 1.89 bits per heavy atom. The van der Waals surface area contributed by atoms with Crippen molar-refractivity contribution in [1.82, 2.24) is 4.98 Å². The predicted molar refractivity (Wildman–Crippen MR) is 81.6 cm³/mol. The number of nitrogens with zero attached hydrogens (tertiary/aromatic N) is 1. The molecule has 1 heterocycles. The fourth-order valence-corrected chi connectivity index (χ4v) is 1.83. The van der Waals surface area contributed by atoms with Crippen LogP contribution in [0.4, 0.5) is 0 Å². The van der Waals surface area contributed by atoms with Gasteiger partial charge >= 0.3 is 0 Å². The van der Waals surface area contributed by atoms with Gasteiger partial charge in [0.15, 0.2) is 0 Å². The first-order chi connectivity index (χ1) is 8.87. The van der Waals surface area contributed by atoms with E-state index in [1.807, 2.05) is 12.1 Å². The molecule has 19 heavy (non-hydrogen) atoms. The Bertz CT molecular complexity index is 366. The predicted octanol–water partition coefficient (Wildman–Crippen LogP) is 4.88. The van der Waals surface area contributed by atoms with Crippen molar-refractivity contribution >= 4 is 0 Å². The second-order valence-corrected chi connectivity index (χ2v) is 6.96. The summed E-state index contributed by atoms with van der Waals surface area (Å²) in [5.74, 6) is 1.56. The van der Waals surface area contributed by atoms with Gasteiger partial charge in [-0.05, 0) is 30.2 Å². The van der Waals surface area contributed by atoms with E-state index in [0.717, 1.165) is 23.9 Å². The number of pyridine rings is 1. The van der Waals surface area contributed by atoms with E-state index in [1.165, 1.54) is 19.3 Å². The lowest BCUT2D eigenvalue weighted by atomic mass is 9.99. The van der Waals surface area contributed by atoms with Crippen LogP contribution in [0.15, 0.2) is 18.2 Å². The average Bonchev–Trinajstić information content (AvgIpc) is 2.32. The molecular weight excluding hydrogens is 234 g/mol. The van der Waals surface area contributed by atoms with Gasteiger partial charge in [-0.15, -0.1) is 0 Å². The lowest BCUT2D eigenvalue weighted by Gasteiger charge is -2.18. The van der Waals surface area contributed by atoms with Crippen LogP contribution < -0.4 is 4.74 Å². The minimum absolute atomic E-state index is 0.176. The van der Waals surface area contributed by atoms with Crippen LogP contribution in [-0.2, 0) is 6.42 Å². The molecule has 0 saturated heterocycles. The van der Waals surface area contributed by atoms with Crippen LogP contribution in [0.2, 0.25) is 0 Å². The van der Waals surface area contributed by atoms with Crippen molar-refractivity contribution in [3.05, 3.63) is 23.9 Å². The minimum Gasteiger partial charge on any atom is -0.477 e. The highest BCUT2D eigenvalue weighted by Crippen LogP contribution is 2.17. The lowest BCUT2D eigenvalue weighted by Crippen LogP contribution is -2.17. The summed E-state index contributed by atoms with van der Waals surface area (Å²) in [6.45, 7) is 11.8. The molecule has 108 valence electrons. The number of hydrogen-bond acceptors (Lipinski definition) is 2. The van der Waals surface area contributed by atoms with Gasteiger partial charge in [-0.3, -0.25) is 0 Å². The molecule has 1 rings (SSSR count). The Hall–Kier alpha value is -1.05. The molecule has 0 fully saturated rings. The summed E-state index contributed by atoms with van der Waals surface area (Å²) in [6, 6.07) is 6.09. The largest absolute Gasteiger partial charge is 0.477 e. The molecular formula is C17H29NO. The van der Waals surface area contributed by atoms with Crippen molar-refractivity contribution in [2.75, 3.05) is 6.61 Å². The highest BCUT2D eigenvalue weighted by Gasteiger charge is 2.11. The first kappa shape index (κ1) is 16.0.